The molecule has 0 spiro atoms. The summed E-state index contributed by atoms with van der Waals surface area (Å²) in [7, 11) is 0. The molecule has 176 valence electrons. The number of nitrogens with zero attached hydrogens (tertiary/aromatic N) is 6. The highest BCUT2D eigenvalue weighted by Crippen LogP contribution is 2.32. The van der Waals surface area contributed by atoms with Crippen molar-refractivity contribution in [3.05, 3.63) is 102 Å². The Morgan fingerprint density at radius 1 is 1.11 bits per heavy atom. The third-order valence-electron chi connectivity index (χ3n) is 6.00. The second-order valence-corrected chi connectivity index (χ2v) is 8.57. The second-order valence-electron chi connectivity index (χ2n) is 8.57. The number of anilines is 1. The Bertz CT molecular complexity index is 1340. The molecule has 1 unspecified atom stereocenters. The highest BCUT2D eigenvalue weighted by atomic mass is 16.2. The summed E-state index contributed by atoms with van der Waals surface area (Å²) in [6.07, 6.45) is 6.50. The third-order valence-corrected chi connectivity index (χ3v) is 6.00. The minimum Gasteiger partial charge on any atom is -0.330 e. The summed E-state index contributed by atoms with van der Waals surface area (Å²) in [5, 5.41) is 6.92. The van der Waals surface area contributed by atoms with Gasteiger partial charge < -0.3 is 10.2 Å². The molecule has 1 aromatic carbocycles. The standard InChI is InChI=1S/C26H25N7O2/c1-18-10-11-24(28-14-18)31-25(34)22-8-3-7-21(30-22)23-9-4-12-33(23)26(35)20-6-2-5-19(13-20)15-32-17-27-16-29-32/h2-3,5-8,10-11,13-14,16-17,23H,4,9,12,15H2,1H3,(H,28,31,34). The number of aryl methyl sites for hydroxylation is 1. The monoisotopic (exact) mass is 467 g/mol. The van der Waals surface area contributed by atoms with Crippen LogP contribution >= 0.6 is 0 Å². The Balaban J connectivity index is 1.33. The molecule has 0 aliphatic carbocycles. The van der Waals surface area contributed by atoms with Crippen molar-refractivity contribution >= 4 is 17.6 Å². The number of nitrogens with one attached hydrogen (secondary N) is 1. The van der Waals surface area contributed by atoms with Gasteiger partial charge in [0.2, 0.25) is 0 Å². The zero-order valence-corrected chi connectivity index (χ0v) is 19.3. The molecule has 2 amide bonds. The van der Waals surface area contributed by atoms with Gasteiger partial charge in [-0.15, -0.1) is 0 Å². The van der Waals surface area contributed by atoms with Crippen LogP contribution in [0.15, 0.2) is 73.4 Å². The van der Waals surface area contributed by atoms with E-state index in [9.17, 15) is 9.59 Å². The van der Waals surface area contributed by atoms with E-state index in [4.69, 9.17) is 0 Å². The Kier molecular flexibility index (Phi) is 6.30. The molecule has 3 aromatic heterocycles. The second kappa shape index (κ2) is 9.84. The highest BCUT2D eigenvalue weighted by Gasteiger charge is 2.32. The van der Waals surface area contributed by atoms with Gasteiger partial charge >= 0.3 is 0 Å². The minimum absolute atomic E-state index is 0.0477. The first-order chi connectivity index (χ1) is 17.1. The molecule has 1 aliphatic rings. The molecule has 0 radical (unpaired) electrons. The van der Waals surface area contributed by atoms with Crippen LogP contribution < -0.4 is 5.32 Å². The summed E-state index contributed by atoms with van der Waals surface area (Å²) in [4.78, 5) is 40.9. The van der Waals surface area contributed by atoms with E-state index < -0.39 is 0 Å². The fourth-order valence-electron chi connectivity index (χ4n) is 4.27. The molecule has 35 heavy (non-hydrogen) atoms. The lowest BCUT2D eigenvalue weighted by atomic mass is 10.1. The predicted molar refractivity (Wildman–Crippen MR) is 130 cm³/mol. The van der Waals surface area contributed by atoms with E-state index in [1.54, 1.807) is 35.4 Å². The number of carbonyl (C=O) groups excluding carboxylic acids is 2. The van der Waals surface area contributed by atoms with Crippen LogP contribution in [0.25, 0.3) is 0 Å². The zero-order chi connectivity index (χ0) is 24.2. The maximum absolute atomic E-state index is 13.4. The van der Waals surface area contributed by atoms with Gasteiger partial charge in [-0.1, -0.05) is 24.3 Å². The van der Waals surface area contributed by atoms with Gasteiger partial charge in [-0.2, -0.15) is 5.10 Å². The summed E-state index contributed by atoms with van der Waals surface area (Å²) < 4.78 is 1.72. The van der Waals surface area contributed by atoms with E-state index in [-0.39, 0.29) is 17.9 Å². The van der Waals surface area contributed by atoms with Gasteiger partial charge in [-0.05, 0) is 61.2 Å². The van der Waals surface area contributed by atoms with Crippen molar-refractivity contribution in [2.75, 3.05) is 11.9 Å². The lowest BCUT2D eigenvalue weighted by Crippen LogP contribution is -2.31. The number of carbonyl (C=O) groups is 2. The molecule has 0 bridgehead atoms. The molecule has 1 fully saturated rings. The predicted octanol–water partition coefficient (Wildman–Crippen LogP) is 3.65. The van der Waals surface area contributed by atoms with Crippen LogP contribution in [-0.4, -0.2) is 48.0 Å². The molecular weight excluding hydrogens is 442 g/mol. The molecule has 9 heteroatoms. The van der Waals surface area contributed by atoms with Crippen LogP contribution in [0.2, 0.25) is 0 Å². The maximum atomic E-state index is 13.4. The largest absolute Gasteiger partial charge is 0.330 e. The molecule has 1 aliphatic heterocycles. The van der Waals surface area contributed by atoms with Gasteiger partial charge in [0.05, 0.1) is 18.3 Å². The fraction of sp³-hybridized carbons (Fsp3) is 0.231. The van der Waals surface area contributed by atoms with Crippen molar-refractivity contribution in [2.45, 2.75) is 32.4 Å². The SMILES string of the molecule is Cc1ccc(NC(=O)c2cccc(C3CCCN3C(=O)c3cccc(Cn4cncn4)c3)n2)nc1. The van der Waals surface area contributed by atoms with Crippen molar-refractivity contribution in [1.29, 1.82) is 0 Å². The number of amides is 2. The number of benzene rings is 1. The number of aromatic nitrogens is 5. The normalized spacial score (nSPS) is 15.2. The van der Waals surface area contributed by atoms with Gasteiger partial charge in [0, 0.05) is 18.3 Å². The van der Waals surface area contributed by atoms with Gasteiger partial charge in [0.15, 0.2) is 0 Å². The van der Waals surface area contributed by atoms with E-state index in [1.807, 2.05) is 48.2 Å². The van der Waals surface area contributed by atoms with Gasteiger partial charge in [-0.25, -0.2) is 19.6 Å². The van der Waals surface area contributed by atoms with Crippen LogP contribution in [0.1, 0.15) is 56.6 Å². The quantitative estimate of drug-likeness (QED) is 0.464. The number of hydrogen-bond donors (Lipinski definition) is 1. The summed E-state index contributed by atoms with van der Waals surface area (Å²) in [6.45, 7) is 3.12. The molecular formula is C26H25N7O2. The summed E-state index contributed by atoms with van der Waals surface area (Å²) in [5.74, 6) is 0.0876. The van der Waals surface area contributed by atoms with Crippen molar-refractivity contribution in [3.63, 3.8) is 0 Å². The summed E-state index contributed by atoms with van der Waals surface area (Å²) in [6, 6.07) is 16.4. The number of rotatable bonds is 6. The smallest absolute Gasteiger partial charge is 0.275 e. The van der Waals surface area contributed by atoms with E-state index >= 15 is 0 Å². The molecule has 1 N–H and O–H groups in total. The summed E-state index contributed by atoms with van der Waals surface area (Å²) in [5.41, 5.74) is 3.60. The Hall–Kier alpha value is -4.40. The minimum atomic E-state index is -0.333. The van der Waals surface area contributed by atoms with Crippen LogP contribution in [0.5, 0.6) is 0 Å². The first-order valence-corrected chi connectivity index (χ1v) is 11.5. The van der Waals surface area contributed by atoms with E-state index in [1.165, 1.54) is 6.33 Å². The summed E-state index contributed by atoms with van der Waals surface area (Å²) >= 11 is 0. The lowest BCUT2D eigenvalue weighted by molar-refractivity contribution is 0.0732. The number of hydrogen-bond acceptors (Lipinski definition) is 6. The number of likely N-dealkylation sites (tertiary alicyclic amines) is 1. The van der Waals surface area contributed by atoms with Gasteiger partial charge in [0.25, 0.3) is 11.8 Å². The zero-order valence-electron chi connectivity index (χ0n) is 19.3. The van der Waals surface area contributed by atoms with Crippen LogP contribution in [-0.2, 0) is 6.54 Å². The molecule has 1 atom stereocenters. The maximum Gasteiger partial charge on any atom is 0.275 e. The third kappa shape index (κ3) is 5.08. The van der Waals surface area contributed by atoms with Crippen molar-refractivity contribution in [1.82, 2.24) is 29.6 Å². The molecule has 9 nitrogen and oxygen atoms in total. The van der Waals surface area contributed by atoms with Crippen molar-refractivity contribution in [3.8, 4) is 0 Å². The van der Waals surface area contributed by atoms with Crippen molar-refractivity contribution in [2.24, 2.45) is 0 Å². The topological polar surface area (TPSA) is 106 Å². The van der Waals surface area contributed by atoms with Crippen LogP contribution in [0, 0.1) is 6.92 Å². The Morgan fingerprint density at radius 2 is 2.00 bits per heavy atom. The highest BCUT2D eigenvalue weighted by molar-refractivity contribution is 6.02. The van der Waals surface area contributed by atoms with Crippen molar-refractivity contribution < 1.29 is 9.59 Å². The van der Waals surface area contributed by atoms with Crippen LogP contribution in [0.4, 0.5) is 5.82 Å². The molecule has 0 saturated carbocycles. The molecule has 1 saturated heterocycles. The van der Waals surface area contributed by atoms with Crippen LogP contribution in [0.3, 0.4) is 0 Å². The first kappa shape index (κ1) is 22.4. The Morgan fingerprint density at radius 3 is 2.80 bits per heavy atom. The Labute approximate surface area is 202 Å². The average Bonchev–Trinajstić information content (AvgIpc) is 3.58. The van der Waals surface area contributed by atoms with E-state index in [2.05, 4.69) is 25.4 Å². The van der Waals surface area contributed by atoms with E-state index in [0.717, 1.165) is 24.0 Å². The van der Waals surface area contributed by atoms with E-state index in [0.29, 0.717) is 35.9 Å². The first-order valence-electron chi connectivity index (χ1n) is 11.5. The lowest BCUT2D eigenvalue weighted by Gasteiger charge is -2.25. The average molecular weight is 468 g/mol. The van der Waals surface area contributed by atoms with Gasteiger partial charge in [0.1, 0.15) is 24.2 Å². The fourth-order valence-corrected chi connectivity index (χ4v) is 4.27. The molecule has 4 heterocycles. The number of pyridine rings is 2. The molecule has 5 rings (SSSR count). The van der Waals surface area contributed by atoms with Gasteiger partial charge in [-0.3, -0.25) is 9.59 Å². The molecule has 4 aromatic rings.